The summed E-state index contributed by atoms with van der Waals surface area (Å²) in [6, 6.07) is 5.65. The number of nitrogens with one attached hydrogen (secondary N) is 1. The number of halogens is 1. The van der Waals surface area contributed by atoms with Gasteiger partial charge in [0.1, 0.15) is 15.9 Å². The van der Waals surface area contributed by atoms with Crippen LogP contribution < -0.4 is 11.3 Å². The van der Waals surface area contributed by atoms with Gasteiger partial charge in [0.25, 0.3) is 0 Å². The quantitative estimate of drug-likeness (QED) is 0.290. The molecule has 5 nitrogen and oxygen atoms in total. The van der Waals surface area contributed by atoms with Crippen molar-refractivity contribution in [3.63, 3.8) is 0 Å². The van der Waals surface area contributed by atoms with Gasteiger partial charge in [-0.3, -0.25) is 0 Å². The Morgan fingerprint density at radius 2 is 2.11 bits per heavy atom. The number of aromatic nitrogens is 3. The number of thioether (sulfide) groups is 1. The minimum atomic E-state index is 0.592. The topological polar surface area (TPSA) is 76.7 Å². The Balaban J connectivity index is 2.25. The fourth-order valence-corrected chi connectivity index (χ4v) is 2.58. The summed E-state index contributed by atoms with van der Waals surface area (Å²) >= 11 is 6.28. The predicted octanol–water partition coefficient (Wildman–Crippen LogP) is 2.79. The first-order chi connectivity index (χ1) is 8.71. The second-order valence-electron chi connectivity index (χ2n) is 3.14. The molecule has 2 aromatic heterocycles. The van der Waals surface area contributed by atoms with Gasteiger partial charge in [-0.2, -0.15) is 0 Å². The molecule has 2 rings (SSSR count). The molecule has 18 heavy (non-hydrogen) atoms. The smallest absolute Gasteiger partial charge is 0.190 e. The van der Waals surface area contributed by atoms with Crippen LogP contribution in [0.3, 0.4) is 0 Å². The van der Waals surface area contributed by atoms with Crippen LogP contribution in [-0.4, -0.2) is 21.2 Å². The number of rotatable bonds is 4. The third-order valence-electron chi connectivity index (χ3n) is 1.92. The molecule has 0 aliphatic carbocycles. The van der Waals surface area contributed by atoms with Crippen molar-refractivity contribution in [1.82, 2.24) is 15.0 Å². The van der Waals surface area contributed by atoms with Crippen LogP contribution in [0.4, 0.5) is 5.82 Å². The molecule has 0 fully saturated rings. The van der Waals surface area contributed by atoms with Gasteiger partial charge in [0, 0.05) is 16.7 Å². The van der Waals surface area contributed by atoms with Gasteiger partial charge in [0.15, 0.2) is 5.16 Å². The van der Waals surface area contributed by atoms with Crippen molar-refractivity contribution in [2.45, 2.75) is 15.2 Å². The molecule has 3 N–H and O–H groups in total. The molecule has 0 amide bonds. The number of anilines is 1. The number of pyridine rings is 1. The zero-order chi connectivity index (χ0) is 13.0. The van der Waals surface area contributed by atoms with Gasteiger partial charge >= 0.3 is 0 Å². The van der Waals surface area contributed by atoms with E-state index in [1.807, 2.05) is 18.4 Å². The second kappa shape index (κ2) is 6.37. The van der Waals surface area contributed by atoms with Crippen molar-refractivity contribution >= 4 is 45.3 Å². The Bertz CT molecular complexity index is 512. The maximum Gasteiger partial charge on any atom is 0.190 e. The fraction of sp³-hybridized carbons (Fsp3) is 0.100. The molecule has 2 heterocycles. The SMILES string of the molecule is CSc1nc(NN)cc(Sc2ccc(Br)cn2)n1. The standard InChI is InChI=1S/C10H10BrN5S2/c1-17-10-14-7(16-12)4-9(15-10)18-8-3-2-6(11)5-13-8/h2-5H,12H2,1H3,(H,14,15,16). The summed E-state index contributed by atoms with van der Waals surface area (Å²) in [5.74, 6) is 5.97. The Morgan fingerprint density at radius 1 is 1.28 bits per heavy atom. The molecule has 0 unspecified atom stereocenters. The number of hydrogen-bond acceptors (Lipinski definition) is 7. The third-order valence-corrected chi connectivity index (χ3v) is 3.81. The van der Waals surface area contributed by atoms with E-state index in [4.69, 9.17) is 5.84 Å². The van der Waals surface area contributed by atoms with Crippen LogP contribution in [0.15, 0.2) is 44.1 Å². The minimum Gasteiger partial charge on any atom is -0.308 e. The van der Waals surface area contributed by atoms with Gasteiger partial charge in [0.05, 0.1) is 0 Å². The summed E-state index contributed by atoms with van der Waals surface area (Å²) in [4.78, 5) is 12.9. The highest BCUT2D eigenvalue weighted by Crippen LogP contribution is 2.27. The molecule has 0 bridgehead atoms. The molecule has 0 radical (unpaired) electrons. The largest absolute Gasteiger partial charge is 0.308 e. The molecule has 0 spiro atoms. The van der Waals surface area contributed by atoms with E-state index in [9.17, 15) is 0 Å². The van der Waals surface area contributed by atoms with Crippen molar-refractivity contribution in [3.8, 4) is 0 Å². The van der Waals surface area contributed by atoms with Gasteiger partial charge in [-0.15, -0.1) is 0 Å². The normalized spacial score (nSPS) is 10.4. The lowest BCUT2D eigenvalue weighted by atomic mass is 10.5. The van der Waals surface area contributed by atoms with Crippen LogP contribution >= 0.6 is 39.5 Å². The first kappa shape index (κ1) is 13.6. The van der Waals surface area contributed by atoms with E-state index in [-0.39, 0.29) is 0 Å². The van der Waals surface area contributed by atoms with Crippen LogP contribution in [0.25, 0.3) is 0 Å². The average Bonchev–Trinajstić information content (AvgIpc) is 2.41. The lowest BCUT2D eigenvalue weighted by Crippen LogP contribution is -2.09. The van der Waals surface area contributed by atoms with E-state index in [2.05, 4.69) is 36.3 Å². The van der Waals surface area contributed by atoms with Crippen LogP contribution in [0.1, 0.15) is 0 Å². The zero-order valence-electron chi connectivity index (χ0n) is 9.42. The molecule has 2 aromatic rings. The number of nitrogens with zero attached hydrogens (tertiary/aromatic N) is 3. The highest BCUT2D eigenvalue weighted by atomic mass is 79.9. The average molecular weight is 344 g/mol. The molecule has 0 aliphatic heterocycles. The monoisotopic (exact) mass is 343 g/mol. The second-order valence-corrected chi connectivity index (χ2v) is 5.87. The van der Waals surface area contributed by atoms with Crippen LogP contribution in [0.2, 0.25) is 0 Å². The van der Waals surface area contributed by atoms with Gasteiger partial charge in [0.2, 0.25) is 0 Å². The number of nitrogen functional groups attached to an aromatic ring is 1. The zero-order valence-corrected chi connectivity index (χ0v) is 12.6. The summed E-state index contributed by atoms with van der Waals surface area (Å²) < 4.78 is 0.948. The van der Waals surface area contributed by atoms with Crippen LogP contribution in [0.5, 0.6) is 0 Å². The first-order valence-corrected chi connectivity index (χ1v) is 7.74. The lowest BCUT2D eigenvalue weighted by molar-refractivity contribution is 0.891. The van der Waals surface area contributed by atoms with Gasteiger partial charge < -0.3 is 5.43 Å². The van der Waals surface area contributed by atoms with Crippen LogP contribution in [0, 0.1) is 0 Å². The number of hydrazine groups is 1. The molecule has 0 aromatic carbocycles. The highest BCUT2D eigenvalue weighted by molar-refractivity contribution is 9.10. The van der Waals surface area contributed by atoms with E-state index < -0.39 is 0 Å². The fourth-order valence-electron chi connectivity index (χ4n) is 1.15. The van der Waals surface area contributed by atoms with E-state index in [1.54, 1.807) is 12.3 Å². The summed E-state index contributed by atoms with van der Waals surface area (Å²) in [5, 5.41) is 2.34. The Morgan fingerprint density at radius 3 is 2.72 bits per heavy atom. The molecule has 0 saturated heterocycles. The Hall–Kier alpha value is -0.830. The van der Waals surface area contributed by atoms with Crippen molar-refractivity contribution < 1.29 is 0 Å². The van der Waals surface area contributed by atoms with Gasteiger partial charge in [-0.05, 0) is 46.1 Å². The number of hydrogen-bond donors (Lipinski definition) is 2. The highest BCUT2D eigenvalue weighted by Gasteiger charge is 2.06. The Kier molecular flexibility index (Phi) is 4.81. The van der Waals surface area contributed by atoms with E-state index in [0.717, 1.165) is 14.5 Å². The predicted molar refractivity (Wildman–Crippen MR) is 77.7 cm³/mol. The van der Waals surface area contributed by atoms with Crippen molar-refractivity contribution in [3.05, 3.63) is 28.9 Å². The summed E-state index contributed by atoms with van der Waals surface area (Å²) in [7, 11) is 0. The third kappa shape index (κ3) is 3.58. The minimum absolute atomic E-state index is 0.592. The van der Waals surface area contributed by atoms with E-state index in [0.29, 0.717) is 11.0 Å². The number of nitrogens with two attached hydrogens (primary N) is 1. The van der Waals surface area contributed by atoms with Gasteiger partial charge in [-0.25, -0.2) is 20.8 Å². The lowest BCUT2D eigenvalue weighted by Gasteiger charge is -2.05. The Labute approximate surface area is 121 Å². The van der Waals surface area contributed by atoms with E-state index in [1.165, 1.54) is 23.5 Å². The summed E-state index contributed by atoms with van der Waals surface area (Å²) in [6.07, 6.45) is 3.67. The molecule has 8 heteroatoms. The summed E-state index contributed by atoms with van der Waals surface area (Å²) in [5.41, 5.74) is 2.53. The molecule has 0 aliphatic rings. The molecular weight excluding hydrogens is 334 g/mol. The molecular formula is C10H10BrN5S2. The van der Waals surface area contributed by atoms with Crippen LogP contribution in [-0.2, 0) is 0 Å². The maximum atomic E-state index is 5.37. The van der Waals surface area contributed by atoms with Crippen molar-refractivity contribution in [1.29, 1.82) is 0 Å². The van der Waals surface area contributed by atoms with Crippen molar-refractivity contribution in [2.24, 2.45) is 5.84 Å². The first-order valence-electron chi connectivity index (χ1n) is 4.90. The molecule has 0 atom stereocenters. The molecule has 94 valence electrons. The van der Waals surface area contributed by atoms with E-state index >= 15 is 0 Å². The maximum absolute atomic E-state index is 5.37. The van der Waals surface area contributed by atoms with Gasteiger partial charge in [-0.1, -0.05) is 11.8 Å². The molecule has 0 saturated carbocycles. The van der Waals surface area contributed by atoms with Crippen molar-refractivity contribution in [2.75, 3.05) is 11.7 Å². The summed E-state index contributed by atoms with van der Waals surface area (Å²) in [6.45, 7) is 0.